The second-order valence-corrected chi connectivity index (χ2v) is 8.06. The minimum absolute atomic E-state index is 0.273. The van der Waals surface area contributed by atoms with E-state index < -0.39 is 0 Å². The van der Waals surface area contributed by atoms with Crippen LogP contribution >= 0.6 is 0 Å². The van der Waals surface area contributed by atoms with Crippen LogP contribution in [0.5, 0.6) is 0 Å². The van der Waals surface area contributed by atoms with Gasteiger partial charge in [-0.15, -0.1) is 0 Å². The van der Waals surface area contributed by atoms with Crippen LogP contribution in [0.15, 0.2) is 91.0 Å². The zero-order valence-corrected chi connectivity index (χ0v) is 16.4. The molecule has 7 rings (SSSR count). The number of hydrogen-bond donors (Lipinski definition) is 0. The molecule has 144 valence electrons. The van der Waals surface area contributed by atoms with Crippen LogP contribution in [0.25, 0.3) is 43.8 Å². The molecule has 0 radical (unpaired) electrons. The SMILES string of the molecule is O=C1c2cccc3cccc(c23)C(=O)N1c1ccc2c3c(cccc13)-c1ccccc1-2. The maximum Gasteiger partial charge on any atom is 0.266 e. The number of rotatable bonds is 1. The van der Waals surface area contributed by atoms with Crippen molar-refractivity contribution in [3.8, 4) is 22.3 Å². The molecule has 0 N–H and O–H groups in total. The predicted octanol–water partition coefficient (Wildman–Crippen LogP) is 6.44. The monoisotopic (exact) mass is 397 g/mol. The Bertz CT molecular complexity index is 1550. The summed E-state index contributed by atoms with van der Waals surface area (Å²) in [5, 5.41) is 3.67. The Morgan fingerprint density at radius 2 is 1.00 bits per heavy atom. The van der Waals surface area contributed by atoms with Gasteiger partial charge >= 0.3 is 0 Å². The van der Waals surface area contributed by atoms with Crippen molar-refractivity contribution in [1.29, 1.82) is 0 Å². The van der Waals surface area contributed by atoms with Crippen molar-refractivity contribution in [3.63, 3.8) is 0 Å². The van der Waals surface area contributed by atoms with E-state index in [4.69, 9.17) is 0 Å². The van der Waals surface area contributed by atoms with Gasteiger partial charge in [-0.25, -0.2) is 4.90 Å². The molecule has 0 atom stereocenters. The fourth-order valence-electron chi connectivity index (χ4n) is 5.24. The molecule has 3 heteroatoms. The number of carbonyl (C=O) groups is 2. The van der Waals surface area contributed by atoms with Crippen LogP contribution in [0.4, 0.5) is 5.69 Å². The van der Waals surface area contributed by atoms with E-state index in [9.17, 15) is 9.59 Å². The van der Waals surface area contributed by atoms with E-state index in [0.717, 1.165) is 32.7 Å². The average Bonchev–Trinajstić information content (AvgIpc) is 3.14. The Balaban J connectivity index is 1.52. The standard InChI is InChI=1S/C28H15NO2/c30-27-22-12-3-6-16-7-4-13-23(25(16)22)28(31)29(27)24-15-14-20-18-9-2-1-8-17(18)19-10-5-11-21(24)26(19)20/h1-15H. The van der Waals surface area contributed by atoms with Gasteiger partial charge in [0.05, 0.1) is 5.69 Å². The lowest BCUT2D eigenvalue weighted by molar-refractivity contribution is 0.0894. The van der Waals surface area contributed by atoms with Crippen LogP contribution in [-0.4, -0.2) is 11.8 Å². The summed E-state index contributed by atoms with van der Waals surface area (Å²) in [4.78, 5) is 28.5. The lowest BCUT2D eigenvalue weighted by atomic mass is 9.93. The summed E-state index contributed by atoms with van der Waals surface area (Å²) in [5.41, 5.74) is 6.43. The van der Waals surface area contributed by atoms with E-state index in [2.05, 4.69) is 18.2 Å². The molecule has 5 aromatic carbocycles. The van der Waals surface area contributed by atoms with Crippen molar-refractivity contribution in [2.24, 2.45) is 0 Å². The molecule has 0 saturated carbocycles. The Morgan fingerprint density at radius 3 is 1.68 bits per heavy atom. The molecule has 1 heterocycles. The molecule has 1 aliphatic heterocycles. The fraction of sp³-hybridized carbons (Fsp3) is 0. The zero-order chi connectivity index (χ0) is 20.7. The van der Waals surface area contributed by atoms with E-state index >= 15 is 0 Å². The Morgan fingerprint density at radius 1 is 0.452 bits per heavy atom. The number of anilines is 1. The van der Waals surface area contributed by atoms with E-state index in [1.807, 2.05) is 72.8 Å². The molecule has 5 aromatic rings. The first-order valence-electron chi connectivity index (χ1n) is 10.3. The van der Waals surface area contributed by atoms with Gasteiger partial charge in [0.25, 0.3) is 11.8 Å². The number of nitrogens with zero attached hydrogens (tertiary/aromatic N) is 1. The molecule has 0 unspecified atom stereocenters. The normalized spacial score (nSPS) is 13.9. The van der Waals surface area contributed by atoms with E-state index in [1.54, 1.807) is 0 Å². The van der Waals surface area contributed by atoms with E-state index in [-0.39, 0.29) is 11.8 Å². The highest BCUT2D eigenvalue weighted by Gasteiger charge is 2.35. The minimum Gasteiger partial charge on any atom is -0.268 e. The second-order valence-electron chi connectivity index (χ2n) is 8.06. The van der Waals surface area contributed by atoms with Crippen molar-refractivity contribution in [3.05, 3.63) is 102 Å². The summed E-state index contributed by atoms with van der Waals surface area (Å²) in [6.07, 6.45) is 0. The first-order valence-corrected chi connectivity index (χ1v) is 10.3. The Hall–Kier alpha value is -4.24. The first kappa shape index (κ1) is 16.5. The van der Waals surface area contributed by atoms with Gasteiger partial charge in [-0.3, -0.25) is 9.59 Å². The summed E-state index contributed by atoms with van der Waals surface area (Å²) in [7, 11) is 0. The van der Waals surface area contributed by atoms with E-state index in [1.165, 1.54) is 16.0 Å². The molecule has 0 bridgehead atoms. The van der Waals surface area contributed by atoms with Crippen molar-refractivity contribution >= 4 is 39.0 Å². The van der Waals surface area contributed by atoms with Crippen molar-refractivity contribution in [1.82, 2.24) is 0 Å². The molecule has 0 saturated heterocycles. The van der Waals surface area contributed by atoms with Crippen molar-refractivity contribution < 1.29 is 9.59 Å². The second kappa shape index (κ2) is 5.67. The maximum absolute atomic E-state index is 13.6. The van der Waals surface area contributed by atoms with Crippen molar-refractivity contribution in [2.45, 2.75) is 0 Å². The smallest absolute Gasteiger partial charge is 0.266 e. The Labute approximate surface area is 178 Å². The van der Waals surface area contributed by atoms with Gasteiger partial charge in [0, 0.05) is 21.9 Å². The lowest BCUT2D eigenvalue weighted by Gasteiger charge is -2.28. The summed E-state index contributed by atoms with van der Waals surface area (Å²) in [5.74, 6) is -0.545. The molecule has 3 nitrogen and oxygen atoms in total. The van der Waals surface area contributed by atoms with Crippen LogP contribution in [0.3, 0.4) is 0 Å². The lowest BCUT2D eigenvalue weighted by Crippen LogP contribution is -2.40. The predicted molar refractivity (Wildman–Crippen MR) is 123 cm³/mol. The molecule has 0 fully saturated rings. The number of fused-ring (bicyclic) bond motifs is 3. The van der Waals surface area contributed by atoms with Gasteiger partial charge in [-0.05, 0) is 51.2 Å². The number of amides is 2. The highest BCUT2D eigenvalue weighted by Crippen LogP contribution is 2.49. The van der Waals surface area contributed by atoms with Gasteiger partial charge in [0.1, 0.15) is 0 Å². The average molecular weight is 397 g/mol. The minimum atomic E-state index is -0.273. The van der Waals surface area contributed by atoms with Crippen LogP contribution < -0.4 is 4.90 Å². The van der Waals surface area contributed by atoms with Crippen LogP contribution in [0, 0.1) is 0 Å². The van der Waals surface area contributed by atoms with Gasteiger partial charge in [-0.1, -0.05) is 72.8 Å². The largest absolute Gasteiger partial charge is 0.268 e. The molecular weight excluding hydrogens is 382 g/mol. The van der Waals surface area contributed by atoms with Crippen molar-refractivity contribution in [2.75, 3.05) is 4.90 Å². The first-order chi connectivity index (χ1) is 15.2. The third kappa shape index (κ3) is 1.98. The number of imide groups is 1. The summed E-state index contributed by atoms with van der Waals surface area (Å²) >= 11 is 0. The number of benzene rings is 5. The van der Waals surface area contributed by atoms with Gasteiger partial charge in [0.15, 0.2) is 0 Å². The molecule has 2 aliphatic rings. The molecule has 31 heavy (non-hydrogen) atoms. The van der Waals surface area contributed by atoms with Crippen LogP contribution in [-0.2, 0) is 0 Å². The van der Waals surface area contributed by atoms with Crippen LogP contribution in [0.2, 0.25) is 0 Å². The third-order valence-electron chi connectivity index (χ3n) is 6.54. The quantitative estimate of drug-likeness (QED) is 0.299. The number of carbonyl (C=O) groups excluding carboxylic acids is 2. The Kier molecular flexibility index (Phi) is 3.03. The molecule has 0 aromatic heterocycles. The highest BCUT2D eigenvalue weighted by atomic mass is 16.2. The highest BCUT2D eigenvalue weighted by molar-refractivity contribution is 6.37. The molecule has 1 aliphatic carbocycles. The van der Waals surface area contributed by atoms with Gasteiger partial charge in [-0.2, -0.15) is 0 Å². The molecule has 2 amide bonds. The fourth-order valence-corrected chi connectivity index (χ4v) is 5.24. The molecule has 0 spiro atoms. The van der Waals surface area contributed by atoms with Gasteiger partial charge < -0.3 is 0 Å². The summed E-state index contributed by atoms with van der Waals surface area (Å²) < 4.78 is 0. The molecular formula is C28H15NO2. The summed E-state index contributed by atoms with van der Waals surface area (Å²) in [6, 6.07) is 29.6. The van der Waals surface area contributed by atoms with Gasteiger partial charge in [0.2, 0.25) is 0 Å². The van der Waals surface area contributed by atoms with E-state index in [0.29, 0.717) is 16.8 Å². The zero-order valence-electron chi connectivity index (χ0n) is 16.4. The third-order valence-corrected chi connectivity index (χ3v) is 6.54. The number of hydrogen-bond acceptors (Lipinski definition) is 2. The topological polar surface area (TPSA) is 37.4 Å². The maximum atomic E-state index is 13.6. The summed E-state index contributed by atoms with van der Waals surface area (Å²) in [6.45, 7) is 0. The van der Waals surface area contributed by atoms with Crippen LogP contribution in [0.1, 0.15) is 20.7 Å².